The van der Waals surface area contributed by atoms with Crippen molar-refractivity contribution in [3.8, 4) is 5.75 Å². The van der Waals surface area contributed by atoms with Crippen molar-refractivity contribution < 1.29 is 17.9 Å². The maximum Gasteiger partial charge on any atom is 0.247 e. The second kappa shape index (κ2) is 10.6. The van der Waals surface area contributed by atoms with Crippen LogP contribution >= 0.6 is 11.6 Å². The second-order valence-electron chi connectivity index (χ2n) is 8.27. The fourth-order valence-electron chi connectivity index (χ4n) is 4.31. The van der Waals surface area contributed by atoms with Crippen LogP contribution in [0.3, 0.4) is 0 Å². The Morgan fingerprint density at radius 1 is 1.09 bits per heavy atom. The molecule has 0 bridgehead atoms. The van der Waals surface area contributed by atoms with Crippen LogP contribution in [-0.2, 0) is 27.8 Å². The lowest BCUT2D eigenvalue weighted by Crippen LogP contribution is -2.42. The van der Waals surface area contributed by atoms with Crippen LogP contribution in [-0.4, -0.2) is 32.3 Å². The van der Waals surface area contributed by atoms with Gasteiger partial charge in [0.05, 0.1) is 19.7 Å². The molecule has 6 nitrogen and oxygen atoms in total. The summed E-state index contributed by atoms with van der Waals surface area (Å²) >= 11 is 6.11. The van der Waals surface area contributed by atoms with Gasteiger partial charge >= 0.3 is 0 Å². The number of nitrogens with one attached hydrogen (secondary N) is 1. The number of rotatable bonds is 8. The van der Waals surface area contributed by atoms with Crippen LogP contribution in [0.5, 0.6) is 5.75 Å². The van der Waals surface area contributed by atoms with Gasteiger partial charge in [-0.25, -0.2) is 8.42 Å². The molecule has 1 amide bonds. The van der Waals surface area contributed by atoms with E-state index in [9.17, 15) is 13.2 Å². The van der Waals surface area contributed by atoms with Crippen molar-refractivity contribution in [2.45, 2.75) is 36.7 Å². The van der Waals surface area contributed by atoms with Crippen LogP contribution in [0.4, 0.5) is 0 Å². The molecular weight excluding hydrogens is 472 g/mol. The molecule has 0 saturated carbocycles. The summed E-state index contributed by atoms with van der Waals surface area (Å²) in [5, 5.41) is 3.32. The van der Waals surface area contributed by atoms with Gasteiger partial charge in [0.1, 0.15) is 10.6 Å². The fraction of sp³-hybridized carbons (Fsp3) is 0.269. The Kier molecular flexibility index (Phi) is 7.56. The summed E-state index contributed by atoms with van der Waals surface area (Å²) < 4.78 is 33.9. The molecule has 8 heteroatoms. The number of carbonyl (C=O) groups is 1. The van der Waals surface area contributed by atoms with Crippen LogP contribution in [0.25, 0.3) is 0 Å². The monoisotopic (exact) mass is 498 g/mol. The summed E-state index contributed by atoms with van der Waals surface area (Å²) in [6.45, 7) is -0.293. The minimum Gasteiger partial charge on any atom is -0.495 e. The normalized spacial score (nSPS) is 15.6. The molecule has 0 spiro atoms. The largest absolute Gasteiger partial charge is 0.495 e. The molecule has 3 aromatic rings. The van der Waals surface area contributed by atoms with Gasteiger partial charge in [-0.2, -0.15) is 4.31 Å². The SMILES string of the molecule is COc1ccc(Cl)cc1S(=O)(=O)N(CC(=O)NC1CCCc2ccccc21)Cc1ccccc1. The number of aryl methyl sites for hydroxylation is 1. The first-order valence-electron chi connectivity index (χ1n) is 11.1. The van der Waals surface area contributed by atoms with Crippen molar-refractivity contribution in [1.29, 1.82) is 0 Å². The van der Waals surface area contributed by atoms with Crippen LogP contribution in [0.15, 0.2) is 77.7 Å². The molecule has 0 aliphatic heterocycles. The number of hydrogen-bond acceptors (Lipinski definition) is 4. The highest BCUT2D eigenvalue weighted by Gasteiger charge is 2.31. The van der Waals surface area contributed by atoms with Gasteiger partial charge in [0.25, 0.3) is 0 Å². The molecule has 1 N–H and O–H groups in total. The number of methoxy groups -OCH3 is 1. The molecular formula is C26H27ClN2O4S. The lowest BCUT2D eigenvalue weighted by molar-refractivity contribution is -0.122. The van der Waals surface area contributed by atoms with Crippen molar-refractivity contribution in [2.75, 3.05) is 13.7 Å². The molecule has 1 unspecified atom stereocenters. The number of sulfonamides is 1. The standard InChI is InChI=1S/C26H27ClN2O4S/c1-33-24-15-14-21(27)16-25(24)34(31,32)29(17-19-8-3-2-4-9-19)18-26(30)28-23-13-7-11-20-10-5-6-12-22(20)23/h2-6,8-10,12,14-16,23H,7,11,13,17-18H2,1H3,(H,28,30). The third kappa shape index (κ3) is 5.43. The quantitative estimate of drug-likeness (QED) is 0.487. The number of fused-ring (bicyclic) bond motifs is 1. The Morgan fingerprint density at radius 3 is 2.59 bits per heavy atom. The third-order valence-corrected chi connectivity index (χ3v) is 8.02. The Hall–Kier alpha value is -2.87. The average Bonchev–Trinajstić information content (AvgIpc) is 2.84. The first-order chi connectivity index (χ1) is 16.4. The fourth-order valence-corrected chi connectivity index (χ4v) is 6.11. The Bertz CT molecular complexity index is 1260. The maximum absolute atomic E-state index is 13.7. The van der Waals surface area contributed by atoms with Crippen molar-refractivity contribution >= 4 is 27.5 Å². The van der Waals surface area contributed by atoms with E-state index in [0.717, 1.165) is 30.4 Å². The Morgan fingerprint density at radius 2 is 1.82 bits per heavy atom. The molecule has 34 heavy (non-hydrogen) atoms. The van der Waals surface area contributed by atoms with E-state index >= 15 is 0 Å². The molecule has 3 aromatic carbocycles. The molecule has 0 fully saturated rings. The molecule has 0 aromatic heterocycles. The highest BCUT2D eigenvalue weighted by Crippen LogP contribution is 2.31. The molecule has 1 aliphatic rings. The van der Waals surface area contributed by atoms with E-state index in [1.54, 1.807) is 6.07 Å². The van der Waals surface area contributed by atoms with Gasteiger partial charge < -0.3 is 10.1 Å². The van der Waals surface area contributed by atoms with Crippen LogP contribution in [0.1, 0.15) is 35.6 Å². The zero-order valence-electron chi connectivity index (χ0n) is 18.9. The average molecular weight is 499 g/mol. The lowest BCUT2D eigenvalue weighted by Gasteiger charge is -2.28. The summed E-state index contributed by atoms with van der Waals surface area (Å²) in [6, 6.07) is 21.5. The minimum atomic E-state index is -4.10. The van der Waals surface area contributed by atoms with E-state index in [-0.39, 0.29) is 40.7 Å². The number of nitrogens with zero attached hydrogens (tertiary/aromatic N) is 1. The van der Waals surface area contributed by atoms with Gasteiger partial charge in [-0.05, 0) is 54.2 Å². The van der Waals surface area contributed by atoms with Crippen molar-refractivity contribution in [1.82, 2.24) is 9.62 Å². The smallest absolute Gasteiger partial charge is 0.247 e. The minimum absolute atomic E-state index is 0.0352. The van der Waals surface area contributed by atoms with E-state index in [2.05, 4.69) is 11.4 Å². The Labute approximate surface area is 205 Å². The number of hydrogen-bond donors (Lipinski definition) is 1. The van der Waals surface area contributed by atoms with Gasteiger partial charge in [-0.3, -0.25) is 4.79 Å². The van der Waals surface area contributed by atoms with Gasteiger partial charge in [-0.15, -0.1) is 0 Å². The zero-order valence-corrected chi connectivity index (χ0v) is 20.5. The predicted molar refractivity (Wildman–Crippen MR) is 132 cm³/mol. The van der Waals surface area contributed by atoms with E-state index in [1.165, 1.54) is 29.1 Å². The van der Waals surface area contributed by atoms with Gasteiger partial charge in [0, 0.05) is 11.6 Å². The van der Waals surface area contributed by atoms with Gasteiger partial charge in [-0.1, -0.05) is 66.2 Å². The number of carbonyl (C=O) groups excluding carboxylic acids is 1. The number of halogens is 1. The van der Waals surface area contributed by atoms with Crippen LogP contribution in [0.2, 0.25) is 5.02 Å². The van der Waals surface area contributed by atoms with Crippen molar-refractivity contribution in [3.63, 3.8) is 0 Å². The Balaban J connectivity index is 1.62. The summed E-state index contributed by atoms with van der Waals surface area (Å²) in [5.41, 5.74) is 3.08. The highest BCUT2D eigenvalue weighted by molar-refractivity contribution is 7.89. The van der Waals surface area contributed by atoms with E-state index in [4.69, 9.17) is 16.3 Å². The topological polar surface area (TPSA) is 75.7 Å². The highest BCUT2D eigenvalue weighted by atomic mass is 35.5. The molecule has 1 aliphatic carbocycles. The zero-order chi connectivity index (χ0) is 24.1. The summed E-state index contributed by atoms with van der Waals surface area (Å²) in [6.07, 6.45) is 2.76. The molecule has 0 radical (unpaired) electrons. The maximum atomic E-state index is 13.7. The van der Waals surface area contributed by atoms with Gasteiger partial charge in [0.15, 0.2) is 0 Å². The number of ether oxygens (including phenoxy) is 1. The molecule has 178 valence electrons. The first kappa shape index (κ1) is 24.3. The number of benzene rings is 3. The summed E-state index contributed by atoms with van der Waals surface area (Å²) in [5.74, 6) is -0.189. The predicted octanol–water partition coefficient (Wildman–Crippen LogP) is 4.73. The lowest BCUT2D eigenvalue weighted by atomic mass is 9.88. The second-order valence-corrected chi connectivity index (χ2v) is 10.6. The van der Waals surface area contributed by atoms with E-state index in [0.29, 0.717) is 0 Å². The van der Waals surface area contributed by atoms with Crippen LogP contribution < -0.4 is 10.1 Å². The van der Waals surface area contributed by atoms with Crippen LogP contribution in [0, 0.1) is 0 Å². The molecule has 0 saturated heterocycles. The molecule has 4 rings (SSSR count). The van der Waals surface area contributed by atoms with E-state index < -0.39 is 10.0 Å². The third-order valence-electron chi connectivity index (χ3n) is 5.97. The van der Waals surface area contributed by atoms with Crippen molar-refractivity contribution in [3.05, 3.63) is 94.5 Å². The van der Waals surface area contributed by atoms with Crippen molar-refractivity contribution in [2.24, 2.45) is 0 Å². The number of amides is 1. The summed E-state index contributed by atoms with van der Waals surface area (Å²) in [7, 11) is -2.70. The molecule has 0 heterocycles. The first-order valence-corrected chi connectivity index (χ1v) is 12.9. The van der Waals surface area contributed by atoms with E-state index in [1.807, 2.05) is 48.5 Å². The molecule has 1 atom stereocenters. The summed E-state index contributed by atoms with van der Waals surface area (Å²) in [4.78, 5) is 13.1. The van der Waals surface area contributed by atoms with Gasteiger partial charge in [0.2, 0.25) is 15.9 Å².